The average molecular weight is 285 g/mol. The molecule has 7 heteroatoms. The van der Waals surface area contributed by atoms with Crippen molar-refractivity contribution in [2.75, 3.05) is 11.9 Å². The summed E-state index contributed by atoms with van der Waals surface area (Å²) in [4.78, 5) is 26.3. The van der Waals surface area contributed by atoms with E-state index < -0.39 is 12.0 Å². The molecule has 0 aliphatic rings. The number of amides is 2. The Bertz CT molecular complexity index is 457. The Balaban J connectivity index is 2.55. The molecule has 0 saturated carbocycles. The van der Waals surface area contributed by atoms with E-state index >= 15 is 0 Å². The van der Waals surface area contributed by atoms with E-state index in [1.807, 2.05) is 6.92 Å². The number of hydrogen-bond donors (Lipinski definition) is 3. The first-order chi connectivity index (χ1) is 8.88. The van der Waals surface area contributed by atoms with Gasteiger partial charge in [-0.25, -0.2) is 9.78 Å². The van der Waals surface area contributed by atoms with Crippen LogP contribution in [0.2, 0.25) is 0 Å². The number of carbonyl (C=O) groups is 2. The molecule has 2 amide bonds. The number of urea groups is 1. The van der Waals surface area contributed by atoms with Gasteiger partial charge in [-0.3, -0.25) is 10.1 Å². The van der Waals surface area contributed by atoms with E-state index in [1.54, 1.807) is 0 Å². The van der Waals surface area contributed by atoms with Crippen LogP contribution in [-0.4, -0.2) is 28.6 Å². The van der Waals surface area contributed by atoms with Gasteiger partial charge in [0.05, 0.1) is 17.1 Å². The molecule has 106 valence electrons. The van der Waals surface area contributed by atoms with E-state index in [9.17, 15) is 9.59 Å². The summed E-state index contributed by atoms with van der Waals surface area (Å²) < 4.78 is 0. The Labute approximate surface area is 116 Å². The lowest BCUT2D eigenvalue weighted by Crippen LogP contribution is -2.30. The highest BCUT2D eigenvalue weighted by atomic mass is 32.1. The van der Waals surface area contributed by atoms with Gasteiger partial charge in [0.25, 0.3) is 0 Å². The van der Waals surface area contributed by atoms with Crippen molar-refractivity contribution < 1.29 is 14.7 Å². The zero-order chi connectivity index (χ0) is 14.4. The second-order valence-electron chi connectivity index (χ2n) is 4.63. The molecule has 1 heterocycles. The minimum atomic E-state index is -0.936. The molecule has 19 heavy (non-hydrogen) atoms. The maximum absolute atomic E-state index is 11.6. The van der Waals surface area contributed by atoms with Crippen LogP contribution in [-0.2, 0) is 11.2 Å². The molecule has 0 unspecified atom stereocenters. The summed E-state index contributed by atoms with van der Waals surface area (Å²) in [7, 11) is 0. The van der Waals surface area contributed by atoms with Gasteiger partial charge in [0.1, 0.15) is 5.00 Å². The molecule has 0 atom stereocenters. The van der Waals surface area contributed by atoms with Crippen LogP contribution in [0.25, 0.3) is 0 Å². The third kappa shape index (κ3) is 5.69. The zero-order valence-corrected chi connectivity index (χ0v) is 12.1. The van der Waals surface area contributed by atoms with Crippen LogP contribution in [0, 0.1) is 12.8 Å². The first-order valence-electron chi connectivity index (χ1n) is 6.11. The number of carbonyl (C=O) groups excluding carboxylic acids is 1. The Kier molecular flexibility index (Phi) is 5.75. The predicted molar refractivity (Wildman–Crippen MR) is 74.7 cm³/mol. The van der Waals surface area contributed by atoms with Crippen molar-refractivity contribution in [3.05, 3.63) is 10.7 Å². The van der Waals surface area contributed by atoms with Gasteiger partial charge >= 0.3 is 12.0 Å². The van der Waals surface area contributed by atoms with Crippen LogP contribution in [0.4, 0.5) is 9.80 Å². The highest BCUT2D eigenvalue weighted by Crippen LogP contribution is 2.26. The lowest BCUT2D eigenvalue weighted by Gasteiger charge is -2.07. The van der Waals surface area contributed by atoms with Crippen LogP contribution in [0.3, 0.4) is 0 Å². The fourth-order valence-corrected chi connectivity index (χ4v) is 2.36. The minimum absolute atomic E-state index is 0.0893. The molecule has 0 aromatic carbocycles. The van der Waals surface area contributed by atoms with Crippen molar-refractivity contribution in [1.82, 2.24) is 10.3 Å². The number of aryl methyl sites for hydroxylation is 1. The number of carboxylic acid groups (broad SMARTS) is 1. The third-order valence-electron chi connectivity index (χ3n) is 2.26. The predicted octanol–water partition coefficient (Wildman–Crippen LogP) is 2.25. The Morgan fingerprint density at radius 1 is 1.42 bits per heavy atom. The van der Waals surface area contributed by atoms with Crippen LogP contribution in [0.15, 0.2) is 0 Å². The normalized spacial score (nSPS) is 10.5. The second-order valence-corrected chi connectivity index (χ2v) is 5.83. The van der Waals surface area contributed by atoms with Gasteiger partial charge in [-0.15, -0.1) is 11.3 Å². The highest BCUT2D eigenvalue weighted by Gasteiger charge is 2.13. The summed E-state index contributed by atoms with van der Waals surface area (Å²) in [6.45, 7) is 6.18. The zero-order valence-electron chi connectivity index (χ0n) is 11.3. The van der Waals surface area contributed by atoms with Gasteiger partial charge in [0.15, 0.2) is 0 Å². The fourth-order valence-electron chi connectivity index (χ4n) is 1.52. The fraction of sp³-hybridized carbons (Fsp3) is 0.583. The molecular weight excluding hydrogens is 266 g/mol. The average Bonchev–Trinajstić information content (AvgIpc) is 2.57. The Morgan fingerprint density at radius 3 is 2.68 bits per heavy atom. The maximum atomic E-state index is 11.6. The van der Waals surface area contributed by atoms with Gasteiger partial charge in [-0.2, -0.15) is 0 Å². The number of aliphatic carboxylic acids is 1. The molecule has 0 fully saturated rings. The number of rotatable bonds is 6. The second kappa shape index (κ2) is 7.08. The first-order valence-corrected chi connectivity index (χ1v) is 6.93. The monoisotopic (exact) mass is 285 g/mol. The summed E-state index contributed by atoms with van der Waals surface area (Å²) in [6.07, 6.45) is 0.711. The minimum Gasteiger partial charge on any atom is -0.481 e. The van der Waals surface area contributed by atoms with E-state index in [2.05, 4.69) is 29.5 Å². The van der Waals surface area contributed by atoms with Crippen molar-refractivity contribution in [3.8, 4) is 0 Å². The molecule has 0 aliphatic heterocycles. The van der Waals surface area contributed by atoms with Crippen LogP contribution in [0.1, 0.15) is 31.0 Å². The highest BCUT2D eigenvalue weighted by molar-refractivity contribution is 7.16. The third-order valence-corrected chi connectivity index (χ3v) is 3.19. The molecule has 0 aliphatic carbocycles. The van der Waals surface area contributed by atoms with E-state index in [-0.39, 0.29) is 13.0 Å². The Hall–Kier alpha value is -1.63. The van der Waals surface area contributed by atoms with E-state index in [0.29, 0.717) is 5.92 Å². The maximum Gasteiger partial charge on any atom is 0.319 e. The van der Waals surface area contributed by atoms with Crippen molar-refractivity contribution in [2.24, 2.45) is 5.92 Å². The molecule has 0 saturated heterocycles. The first kappa shape index (κ1) is 15.4. The molecule has 0 bridgehead atoms. The summed E-state index contributed by atoms with van der Waals surface area (Å²) in [6, 6.07) is -0.394. The van der Waals surface area contributed by atoms with Crippen molar-refractivity contribution in [1.29, 1.82) is 0 Å². The molecule has 1 rings (SSSR count). The molecule has 1 aromatic rings. The molecule has 0 spiro atoms. The summed E-state index contributed by atoms with van der Waals surface area (Å²) >= 11 is 1.43. The van der Waals surface area contributed by atoms with Gasteiger partial charge in [-0.05, 0) is 19.3 Å². The molecule has 6 nitrogen and oxygen atoms in total. The molecule has 0 radical (unpaired) electrons. The SMILES string of the molecule is Cc1nc(CC(C)C)c(NC(=O)NCCC(=O)O)s1. The number of nitrogens with zero attached hydrogens (tertiary/aromatic N) is 1. The van der Waals surface area contributed by atoms with Crippen LogP contribution in [0.5, 0.6) is 0 Å². The standard InChI is InChI=1S/C12H19N3O3S/c1-7(2)6-9-11(19-8(3)14-9)15-12(18)13-5-4-10(16)17/h7H,4-6H2,1-3H3,(H,16,17)(H2,13,15,18). The quantitative estimate of drug-likeness (QED) is 0.747. The number of anilines is 1. The van der Waals surface area contributed by atoms with Gasteiger partial charge in [0, 0.05) is 6.54 Å². The number of aromatic nitrogens is 1. The molecule has 1 aromatic heterocycles. The summed E-state index contributed by atoms with van der Waals surface area (Å²) in [5.41, 5.74) is 0.880. The van der Waals surface area contributed by atoms with E-state index in [0.717, 1.165) is 22.1 Å². The number of nitrogens with one attached hydrogen (secondary N) is 2. The molecular formula is C12H19N3O3S. The lowest BCUT2D eigenvalue weighted by molar-refractivity contribution is -0.136. The Morgan fingerprint density at radius 2 is 2.11 bits per heavy atom. The van der Waals surface area contributed by atoms with Gasteiger partial charge < -0.3 is 10.4 Å². The lowest BCUT2D eigenvalue weighted by atomic mass is 10.1. The van der Waals surface area contributed by atoms with E-state index in [1.165, 1.54) is 11.3 Å². The topological polar surface area (TPSA) is 91.3 Å². The van der Waals surface area contributed by atoms with Crippen molar-refractivity contribution >= 4 is 28.3 Å². The van der Waals surface area contributed by atoms with Gasteiger partial charge in [0.2, 0.25) is 0 Å². The number of carboxylic acids is 1. The number of thiazole rings is 1. The summed E-state index contributed by atoms with van der Waals surface area (Å²) in [5.74, 6) is -0.480. The van der Waals surface area contributed by atoms with Crippen molar-refractivity contribution in [2.45, 2.75) is 33.6 Å². The van der Waals surface area contributed by atoms with Crippen molar-refractivity contribution in [3.63, 3.8) is 0 Å². The largest absolute Gasteiger partial charge is 0.481 e. The summed E-state index contributed by atoms with van der Waals surface area (Å²) in [5, 5.41) is 15.3. The molecule has 3 N–H and O–H groups in total. The van der Waals surface area contributed by atoms with Crippen LogP contribution < -0.4 is 10.6 Å². The smallest absolute Gasteiger partial charge is 0.319 e. The van der Waals surface area contributed by atoms with Crippen LogP contribution >= 0.6 is 11.3 Å². The number of hydrogen-bond acceptors (Lipinski definition) is 4. The van der Waals surface area contributed by atoms with Gasteiger partial charge in [-0.1, -0.05) is 13.8 Å². The van der Waals surface area contributed by atoms with E-state index in [4.69, 9.17) is 5.11 Å².